The lowest BCUT2D eigenvalue weighted by Crippen LogP contribution is -2.56. The molecule has 0 aromatic heterocycles. The fourth-order valence-corrected chi connectivity index (χ4v) is 6.38. The SMILES string of the molecule is CC(C)(O)[C@]1(C(=O)NCc2cc(C(F)(F)F)cc(C(F)(F)F)c2)CC[C@@H](NC2C3CCCC2COC3)C1. The van der Waals surface area contributed by atoms with Gasteiger partial charge in [-0.15, -0.1) is 0 Å². The van der Waals surface area contributed by atoms with Gasteiger partial charge in [0.1, 0.15) is 0 Å². The number of ether oxygens (including phenoxy) is 1. The summed E-state index contributed by atoms with van der Waals surface area (Å²) in [6, 6.07) is 1.49. The molecule has 4 rings (SSSR count). The van der Waals surface area contributed by atoms with Crippen LogP contribution in [-0.2, 0) is 28.4 Å². The lowest BCUT2D eigenvalue weighted by atomic mass is 9.71. The molecule has 0 radical (unpaired) electrons. The molecule has 1 aliphatic heterocycles. The summed E-state index contributed by atoms with van der Waals surface area (Å²) >= 11 is 0. The molecule has 1 heterocycles. The molecule has 37 heavy (non-hydrogen) atoms. The van der Waals surface area contributed by atoms with Crippen molar-refractivity contribution >= 4 is 5.91 Å². The smallest absolute Gasteiger partial charge is 0.389 e. The Balaban J connectivity index is 1.49. The zero-order valence-electron chi connectivity index (χ0n) is 20.9. The van der Waals surface area contributed by atoms with Gasteiger partial charge in [-0.3, -0.25) is 4.79 Å². The molecule has 5 nitrogen and oxygen atoms in total. The number of aliphatic hydroxyl groups is 1. The Hall–Kier alpha value is -1.85. The molecule has 2 saturated carbocycles. The number of rotatable bonds is 6. The number of hydrogen-bond donors (Lipinski definition) is 3. The van der Waals surface area contributed by atoms with E-state index in [0.29, 0.717) is 56.4 Å². The van der Waals surface area contributed by atoms with E-state index in [2.05, 4.69) is 10.6 Å². The highest BCUT2D eigenvalue weighted by molar-refractivity contribution is 5.84. The van der Waals surface area contributed by atoms with Gasteiger partial charge in [0.05, 0.1) is 35.4 Å². The van der Waals surface area contributed by atoms with Crippen molar-refractivity contribution < 1.29 is 41.0 Å². The van der Waals surface area contributed by atoms with Crippen LogP contribution in [0, 0.1) is 17.3 Å². The summed E-state index contributed by atoms with van der Waals surface area (Å²) in [4.78, 5) is 13.4. The monoisotopic (exact) mass is 536 g/mol. The summed E-state index contributed by atoms with van der Waals surface area (Å²) in [5.74, 6) is 0.201. The number of nitrogens with one attached hydrogen (secondary N) is 2. The van der Waals surface area contributed by atoms with Crippen molar-refractivity contribution in [2.45, 2.75) is 89.0 Å². The van der Waals surface area contributed by atoms with Gasteiger partial charge in [-0.1, -0.05) is 6.42 Å². The van der Waals surface area contributed by atoms with Crippen LogP contribution in [0.3, 0.4) is 0 Å². The first-order chi connectivity index (χ1) is 17.1. The van der Waals surface area contributed by atoms with Crippen LogP contribution in [0.15, 0.2) is 18.2 Å². The Kier molecular flexibility index (Phi) is 7.64. The number of carbonyl (C=O) groups excluding carboxylic acids is 1. The summed E-state index contributed by atoms with van der Waals surface area (Å²) < 4.78 is 85.0. The van der Waals surface area contributed by atoms with Gasteiger partial charge in [-0.2, -0.15) is 26.3 Å². The number of halogens is 6. The van der Waals surface area contributed by atoms with Crippen molar-refractivity contribution in [3.05, 3.63) is 34.9 Å². The van der Waals surface area contributed by atoms with Gasteiger partial charge in [0.15, 0.2) is 0 Å². The average molecular weight is 537 g/mol. The zero-order chi connectivity index (χ0) is 27.2. The maximum absolute atomic E-state index is 13.4. The minimum Gasteiger partial charge on any atom is -0.389 e. The molecular formula is C26H34F6N2O3. The molecule has 2 aliphatic carbocycles. The Morgan fingerprint density at radius 2 is 1.57 bits per heavy atom. The Morgan fingerprint density at radius 1 is 1.00 bits per heavy atom. The number of alkyl halides is 6. The Morgan fingerprint density at radius 3 is 2.08 bits per heavy atom. The maximum atomic E-state index is 13.4. The molecule has 2 bridgehead atoms. The van der Waals surface area contributed by atoms with Crippen molar-refractivity contribution in [2.75, 3.05) is 13.2 Å². The Bertz CT molecular complexity index is 936. The van der Waals surface area contributed by atoms with Crippen LogP contribution in [0.25, 0.3) is 0 Å². The van der Waals surface area contributed by atoms with Gasteiger partial charge in [0.2, 0.25) is 5.91 Å². The lowest BCUT2D eigenvalue weighted by molar-refractivity contribution is -0.146. The van der Waals surface area contributed by atoms with E-state index >= 15 is 0 Å². The third kappa shape index (κ3) is 5.93. The second-order valence-electron chi connectivity index (χ2n) is 11.4. The van der Waals surface area contributed by atoms with E-state index < -0.39 is 46.9 Å². The number of carbonyl (C=O) groups is 1. The van der Waals surface area contributed by atoms with Gasteiger partial charge in [-0.05, 0) is 81.5 Å². The standard InChI is InChI=1S/C26H34F6N2O3/c1-23(2,36)24(7-6-20(11-24)34-21-16-4-3-5-17(21)14-37-13-16)22(35)33-12-15-8-18(25(27,28)29)10-19(9-15)26(30,31)32/h8-10,16-17,20-21,34,36H,3-7,11-14H2,1-2H3,(H,33,35)/t16?,17?,20-,21?,24-/m1/s1. The minimum absolute atomic E-state index is 0.0474. The van der Waals surface area contributed by atoms with E-state index in [1.165, 1.54) is 13.8 Å². The molecule has 2 unspecified atom stereocenters. The van der Waals surface area contributed by atoms with Gasteiger partial charge in [0.25, 0.3) is 0 Å². The van der Waals surface area contributed by atoms with Gasteiger partial charge >= 0.3 is 12.4 Å². The van der Waals surface area contributed by atoms with Crippen LogP contribution >= 0.6 is 0 Å². The topological polar surface area (TPSA) is 70.6 Å². The van der Waals surface area contributed by atoms with Crippen LogP contribution in [0.4, 0.5) is 26.3 Å². The average Bonchev–Trinajstić information content (AvgIpc) is 3.21. The fraction of sp³-hybridized carbons (Fsp3) is 0.731. The highest BCUT2D eigenvalue weighted by atomic mass is 19.4. The summed E-state index contributed by atoms with van der Waals surface area (Å²) in [5.41, 5.74) is -5.88. The second-order valence-corrected chi connectivity index (χ2v) is 11.4. The van der Waals surface area contributed by atoms with E-state index in [0.717, 1.165) is 19.3 Å². The number of benzene rings is 1. The van der Waals surface area contributed by atoms with Gasteiger partial charge < -0.3 is 20.5 Å². The quantitative estimate of drug-likeness (QED) is 0.445. The predicted molar refractivity (Wildman–Crippen MR) is 123 cm³/mol. The summed E-state index contributed by atoms with van der Waals surface area (Å²) in [6.45, 7) is 3.89. The van der Waals surface area contributed by atoms with Crippen LogP contribution in [-0.4, -0.2) is 41.9 Å². The van der Waals surface area contributed by atoms with Crippen LogP contribution in [0.5, 0.6) is 0 Å². The molecule has 11 heteroatoms. The number of hydrogen-bond acceptors (Lipinski definition) is 4. The molecule has 1 aromatic carbocycles. The molecule has 3 aliphatic rings. The first kappa shape index (κ1) is 28.2. The maximum Gasteiger partial charge on any atom is 0.416 e. The lowest BCUT2D eigenvalue weighted by Gasteiger charge is -2.44. The van der Waals surface area contributed by atoms with Crippen LogP contribution in [0.2, 0.25) is 0 Å². The van der Waals surface area contributed by atoms with Gasteiger partial charge in [-0.25, -0.2) is 0 Å². The molecule has 208 valence electrons. The molecule has 1 aromatic rings. The summed E-state index contributed by atoms with van der Waals surface area (Å²) in [5, 5.41) is 17.2. The molecule has 4 atom stereocenters. The van der Waals surface area contributed by atoms with Gasteiger partial charge in [0, 0.05) is 18.6 Å². The van der Waals surface area contributed by atoms with E-state index in [1.807, 2.05) is 0 Å². The van der Waals surface area contributed by atoms with E-state index in [1.54, 1.807) is 0 Å². The highest BCUT2D eigenvalue weighted by Gasteiger charge is 2.55. The molecule has 0 spiro atoms. The predicted octanol–water partition coefficient (Wildman–Crippen LogP) is 5.05. The van der Waals surface area contributed by atoms with Crippen LogP contribution in [0.1, 0.15) is 69.1 Å². The second kappa shape index (κ2) is 10.0. The molecule has 3 N–H and O–H groups in total. The first-order valence-corrected chi connectivity index (χ1v) is 12.7. The summed E-state index contributed by atoms with van der Waals surface area (Å²) in [6.07, 6.45) is -5.38. The van der Waals surface area contributed by atoms with E-state index in [9.17, 15) is 36.2 Å². The number of fused-ring (bicyclic) bond motifs is 2. The van der Waals surface area contributed by atoms with Crippen molar-refractivity contribution in [1.29, 1.82) is 0 Å². The van der Waals surface area contributed by atoms with Crippen molar-refractivity contribution in [3.8, 4) is 0 Å². The van der Waals surface area contributed by atoms with Crippen molar-refractivity contribution in [3.63, 3.8) is 0 Å². The minimum atomic E-state index is -4.97. The van der Waals surface area contributed by atoms with Crippen molar-refractivity contribution in [1.82, 2.24) is 10.6 Å². The molecular weight excluding hydrogens is 502 g/mol. The third-order valence-corrected chi connectivity index (χ3v) is 8.48. The molecule has 1 saturated heterocycles. The third-order valence-electron chi connectivity index (χ3n) is 8.48. The van der Waals surface area contributed by atoms with E-state index in [-0.39, 0.29) is 23.7 Å². The Labute approximate surface area is 212 Å². The molecule has 1 amide bonds. The fourth-order valence-electron chi connectivity index (χ4n) is 6.38. The summed E-state index contributed by atoms with van der Waals surface area (Å²) in [7, 11) is 0. The largest absolute Gasteiger partial charge is 0.416 e. The highest BCUT2D eigenvalue weighted by Crippen LogP contribution is 2.48. The normalized spacial score (nSPS) is 30.8. The molecule has 3 fully saturated rings. The van der Waals surface area contributed by atoms with Crippen molar-refractivity contribution in [2.24, 2.45) is 17.3 Å². The number of amides is 1. The zero-order valence-corrected chi connectivity index (χ0v) is 20.9. The van der Waals surface area contributed by atoms with E-state index in [4.69, 9.17) is 4.74 Å². The first-order valence-electron chi connectivity index (χ1n) is 12.7. The van der Waals surface area contributed by atoms with Crippen LogP contribution < -0.4 is 10.6 Å².